The fourth-order valence-electron chi connectivity index (χ4n) is 2.41. The standard InChI is InChI=1S/C19H17Cl2N3O4/c1-12(28-16-6-4-13(20)11-14(16)21)19(26)22-8-9-24-18(25)7-5-15(23-24)17-3-2-10-27-17/h2-7,10-12H,8-9H2,1H3,(H,22,26)/t12-/m0/s1. The van der Waals surface area contributed by atoms with Crippen molar-refractivity contribution in [3.63, 3.8) is 0 Å². The fraction of sp³-hybridized carbons (Fsp3) is 0.211. The second-order valence-corrected chi connectivity index (χ2v) is 6.73. The molecule has 3 rings (SSSR count). The number of nitrogens with one attached hydrogen (secondary N) is 1. The molecule has 3 aromatic rings. The number of amides is 1. The van der Waals surface area contributed by atoms with Crippen molar-refractivity contribution in [2.75, 3.05) is 6.54 Å². The van der Waals surface area contributed by atoms with Gasteiger partial charge in [-0.05, 0) is 43.3 Å². The minimum atomic E-state index is -0.780. The summed E-state index contributed by atoms with van der Waals surface area (Å²) in [6, 6.07) is 11.2. The number of aromatic nitrogens is 2. The van der Waals surface area contributed by atoms with Gasteiger partial charge in [-0.2, -0.15) is 5.10 Å². The molecule has 1 N–H and O–H groups in total. The average Bonchev–Trinajstić information content (AvgIpc) is 3.20. The number of benzene rings is 1. The van der Waals surface area contributed by atoms with Crippen LogP contribution in [0.25, 0.3) is 11.5 Å². The first-order valence-electron chi connectivity index (χ1n) is 8.45. The van der Waals surface area contributed by atoms with E-state index in [4.69, 9.17) is 32.4 Å². The number of rotatable bonds is 7. The Morgan fingerprint density at radius 3 is 2.82 bits per heavy atom. The van der Waals surface area contributed by atoms with Crippen LogP contribution < -0.4 is 15.6 Å². The number of carbonyl (C=O) groups is 1. The van der Waals surface area contributed by atoms with E-state index in [0.717, 1.165) is 0 Å². The van der Waals surface area contributed by atoms with Crippen LogP contribution in [0.4, 0.5) is 0 Å². The second kappa shape index (κ2) is 8.95. The molecule has 1 amide bonds. The molecular formula is C19H17Cl2N3O4. The Balaban J connectivity index is 1.56. The van der Waals surface area contributed by atoms with Crippen molar-refractivity contribution in [2.45, 2.75) is 19.6 Å². The van der Waals surface area contributed by atoms with Crippen molar-refractivity contribution in [3.8, 4) is 17.2 Å². The molecule has 2 aromatic heterocycles. The van der Waals surface area contributed by atoms with Crippen LogP contribution in [0.3, 0.4) is 0 Å². The number of ether oxygens (including phenoxy) is 1. The van der Waals surface area contributed by atoms with Crippen LogP contribution in [0.2, 0.25) is 10.0 Å². The van der Waals surface area contributed by atoms with E-state index >= 15 is 0 Å². The summed E-state index contributed by atoms with van der Waals surface area (Å²) in [7, 11) is 0. The fourth-order valence-corrected chi connectivity index (χ4v) is 2.86. The van der Waals surface area contributed by atoms with Gasteiger partial charge in [0.05, 0.1) is 17.8 Å². The zero-order chi connectivity index (χ0) is 20.1. The number of hydrogen-bond donors (Lipinski definition) is 1. The van der Waals surface area contributed by atoms with E-state index in [2.05, 4.69) is 10.4 Å². The Labute approximate surface area is 170 Å². The predicted octanol–water partition coefficient (Wildman–Crippen LogP) is 3.39. The molecule has 0 aliphatic heterocycles. The number of carbonyl (C=O) groups excluding carboxylic acids is 1. The zero-order valence-corrected chi connectivity index (χ0v) is 16.4. The molecular weight excluding hydrogens is 405 g/mol. The lowest BCUT2D eigenvalue weighted by molar-refractivity contribution is -0.127. The molecule has 28 heavy (non-hydrogen) atoms. The van der Waals surface area contributed by atoms with Crippen LogP contribution in [0.5, 0.6) is 5.75 Å². The molecule has 2 heterocycles. The van der Waals surface area contributed by atoms with Gasteiger partial charge in [0.1, 0.15) is 11.4 Å². The first-order chi connectivity index (χ1) is 13.4. The summed E-state index contributed by atoms with van der Waals surface area (Å²) in [6.07, 6.45) is 0.749. The highest BCUT2D eigenvalue weighted by Gasteiger charge is 2.16. The summed E-state index contributed by atoms with van der Waals surface area (Å²) < 4.78 is 12.1. The highest BCUT2D eigenvalue weighted by atomic mass is 35.5. The summed E-state index contributed by atoms with van der Waals surface area (Å²) in [4.78, 5) is 24.2. The van der Waals surface area contributed by atoms with E-state index in [-0.39, 0.29) is 24.6 Å². The SMILES string of the molecule is C[C@H](Oc1ccc(Cl)cc1Cl)C(=O)NCCn1nc(-c2ccco2)ccc1=O. The summed E-state index contributed by atoms with van der Waals surface area (Å²) in [5, 5.41) is 7.74. The van der Waals surface area contributed by atoms with Gasteiger partial charge in [0.25, 0.3) is 11.5 Å². The highest BCUT2D eigenvalue weighted by Crippen LogP contribution is 2.28. The third-order valence-corrected chi connectivity index (χ3v) is 4.36. The summed E-state index contributed by atoms with van der Waals surface area (Å²) in [5.41, 5.74) is 0.256. The van der Waals surface area contributed by atoms with E-state index in [0.29, 0.717) is 27.2 Å². The quantitative estimate of drug-likeness (QED) is 0.631. The van der Waals surface area contributed by atoms with Gasteiger partial charge in [-0.15, -0.1) is 0 Å². The van der Waals surface area contributed by atoms with Gasteiger partial charge in [-0.3, -0.25) is 9.59 Å². The third kappa shape index (κ3) is 4.94. The van der Waals surface area contributed by atoms with Crippen molar-refractivity contribution in [3.05, 3.63) is 69.1 Å². The van der Waals surface area contributed by atoms with Gasteiger partial charge < -0.3 is 14.5 Å². The second-order valence-electron chi connectivity index (χ2n) is 5.88. The van der Waals surface area contributed by atoms with Gasteiger partial charge in [-0.1, -0.05) is 23.2 Å². The Morgan fingerprint density at radius 1 is 1.29 bits per heavy atom. The Bertz CT molecular complexity index is 1020. The first-order valence-corrected chi connectivity index (χ1v) is 9.21. The lowest BCUT2D eigenvalue weighted by Crippen LogP contribution is -2.39. The number of halogens is 2. The minimum absolute atomic E-state index is 0.202. The number of hydrogen-bond acceptors (Lipinski definition) is 5. The lowest BCUT2D eigenvalue weighted by Gasteiger charge is -2.16. The largest absolute Gasteiger partial charge is 0.479 e. The average molecular weight is 422 g/mol. The Kier molecular flexibility index (Phi) is 6.38. The van der Waals surface area contributed by atoms with E-state index < -0.39 is 6.10 Å². The summed E-state index contributed by atoms with van der Waals surface area (Å²) in [6.45, 7) is 2.01. The molecule has 0 fully saturated rings. The molecule has 146 valence electrons. The van der Waals surface area contributed by atoms with Crippen LogP contribution in [0.15, 0.2) is 57.9 Å². The van der Waals surface area contributed by atoms with Gasteiger partial charge in [0.2, 0.25) is 0 Å². The maximum atomic E-state index is 12.2. The molecule has 0 unspecified atom stereocenters. The Morgan fingerprint density at radius 2 is 2.11 bits per heavy atom. The normalized spacial score (nSPS) is 11.8. The molecule has 0 aliphatic rings. The molecule has 0 saturated carbocycles. The van der Waals surface area contributed by atoms with Crippen LogP contribution in [-0.2, 0) is 11.3 Å². The van der Waals surface area contributed by atoms with Crippen LogP contribution in [0, 0.1) is 0 Å². The maximum absolute atomic E-state index is 12.2. The van der Waals surface area contributed by atoms with Gasteiger partial charge in [0.15, 0.2) is 11.9 Å². The van der Waals surface area contributed by atoms with Gasteiger partial charge in [-0.25, -0.2) is 4.68 Å². The van der Waals surface area contributed by atoms with Crippen LogP contribution in [0.1, 0.15) is 6.92 Å². The number of nitrogens with zero attached hydrogens (tertiary/aromatic N) is 2. The molecule has 1 atom stereocenters. The van der Waals surface area contributed by atoms with E-state index in [1.165, 1.54) is 23.1 Å². The first kappa shape index (κ1) is 20.0. The topological polar surface area (TPSA) is 86.4 Å². The molecule has 0 aliphatic carbocycles. The monoisotopic (exact) mass is 421 g/mol. The molecule has 9 heteroatoms. The summed E-state index contributed by atoms with van der Waals surface area (Å²) in [5.74, 6) is 0.568. The van der Waals surface area contributed by atoms with Crippen molar-refractivity contribution >= 4 is 29.1 Å². The van der Waals surface area contributed by atoms with Crippen LogP contribution >= 0.6 is 23.2 Å². The minimum Gasteiger partial charge on any atom is -0.479 e. The van der Waals surface area contributed by atoms with Crippen LogP contribution in [-0.4, -0.2) is 28.3 Å². The van der Waals surface area contributed by atoms with Crippen molar-refractivity contribution < 1.29 is 13.9 Å². The zero-order valence-electron chi connectivity index (χ0n) is 14.9. The molecule has 7 nitrogen and oxygen atoms in total. The van der Waals surface area contributed by atoms with E-state index in [9.17, 15) is 9.59 Å². The molecule has 0 saturated heterocycles. The predicted molar refractivity (Wildman–Crippen MR) is 106 cm³/mol. The third-order valence-electron chi connectivity index (χ3n) is 3.83. The van der Waals surface area contributed by atoms with Crippen molar-refractivity contribution in [1.29, 1.82) is 0 Å². The van der Waals surface area contributed by atoms with Gasteiger partial charge in [0, 0.05) is 17.6 Å². The van der Waals surface area contributed by atoms with Gasteiger partial charge >= 0.3 is 0 Å². The Hall–Kier alpha value is -2.77. The smallest absolute Gasteiger partial charge is 0.266 e. The molecule has 0 spiro atoms. The van der Waals surface area contributed by atoms with Crippen molar-refractivity contribution in [1.82, 2.24) is 15.1 Å². The van der Waals surface area contributed by atoms with Crippen molar-refractivity contribution in [2.24, 2.45) is 0 Å². The maximum Gasteiger partial charge on any atom is 0.266 e. The van der Waals surface area contributed by atoms with E-state index in [1.54, 1.807) is 37.3 Å². The number of furan rings is 1. The van der Waals surface area contributed by atoms with E-state index in [1.807, 2.05) is 0 Å². The highest BCUT2D eigenvalue weighted by molar-refractivity contribution is 6.35. The summed E-state index contributed by atoms with van der Waals surface area (Å²) >= 11 is 11.9. The molecule has 1 aromatic carbocycles. The lowest BCUT2D eigenvalue weighted by atomic mass is 10.3. The molecule has 0 bridgehead atoms. The molecule has 0 radical (unpaired) electrons.